The summed E-state index contributed by atoms with van der Waals surface area (Å²) in [5.74, 6) is -0.953. The van der Waals surface area contributed by atoms with Crippen molar-refractivity contribution in [3.05, 3.63) is 36.2 Å². The monoisotopic (exact) mass is 342 g/mol. The van der Waals surface area contributed by atoms with Crippen LogP contribution in [-0.2, 0) is 4.79 Å². The molecule has 7 heteroatoms. The van der Waals surface area contributed by atoms with Gasteiger partial charge in [-0.2, -0.15) is 0 Å². The second-order valence-corrected chi connectivity index (χ2v) is 6.19. The van der Waals surface area contributed by atoms with E-state index in [0.717, 1.165) is 11.9 Å². The number of nitrogens with zero attached hydrogens (tertiary/aromatic N) is 4. The molecule has 0 spiro atoms. The molecule has 1 aliphatic rings. The highest BCUT2D eigenvalue weighted by Crippen LogP contribution is 2.14. The van der Waals surface area contributed by atoms with Gasteiger partial charge < -0.3 is 10.0 Å². The number of para-hydroxylation sites is 2. The average Bonchev–Trinajstić information content (AvgIpc) is 2.87. The quantitative estimate of drug-likeness (QED) is 0.909. The molecule has 7 nitrogen and oxygen atoms in total. The van der Waals surface area contributed by atoms with Crippen molar-refractivity contribution in [2.24, 2.45) is 0 Å². The summed E-state index contributed by atoms with van der Waals surface area (Å²) < 4.78 is 0. The van der Waals surface area contributed by atoms with Crippen LogP contribution in [0, 0.1) is 0 Å². The minimum Gasteiger partial charge on any atom is -0.480 e. The molecule has 2 heterocycles. The standard InChI is InChI=1S/C18H22N4O3/c1-2-16(18(24)25)21-8-5-9-22(11-10-21)17(23)15-12-19-13-6-3-4-7-14(13)20-15/h3-4,6-7,12,16H,2,5,8-11H2,1H3,(H,24,25). The molecule has 0 radical (unpaired) electrons. The largest absolute Gasteiger partial charge is 0.480 e. The van der Waals surface area contributed by atoms with Gasteiger partial charge in [-0.1, -0.05) is 19.1 Å². The number of carboxylic acid groups (broad SMARTS) is 1. The summed E-state index contributed by atoms with van der Waals surface area (Å²) in [7, 11) is 0. The first kappa shape index (κ1) is 17.3. The van der Waals surface area contributed by atoms with Crippen molar-refractivity contribution in [2.75, 3.05) is 26.2 Å². The average molecular weight is 342 g/mol. The van der Waals surface area contributed by atoms with Crippen LogP contribution < -0.4 is 0 Å². The molecular formula is C18H22N4O3. The van der Waals surface area contributed by atoms with Crippen molar-refractivity contribution in [3.8, 4) is 0 Å². The predicted octanol–water partition coefficient (Wildman–Crippen LogP) is 1.64. The van der Waals surface area contributed by atoms with Crippen LogP contribution in [0.25, 0.3) is 11.0 Å². The second-order valence-electron chi connectivity index (χ2n) is 6.19. The van der Waals surface area contributed by atoms with Gasteiger partial charge in [-0.3, -0.25) is 19.5 Å². The number of aliphatic carboxylic acids is 1. The topological polar surface area (TPSA) is 86.6 Å². The van der Waals surface area contributed by atoms with Crippen LogP contribution in [0.1, 0.15) is 30.3 Å². The lowest BCUT2D eigenvalue weighted by molar-refractivity contribution is -0.143. The lowest BCUT2D eigenvalue weighted by Gasteiger charge is -2.26. The molecule has 0 bridgehead atoms. The summed E-state index contributed by atoms with van der Waals surface area (Å²) in [6.45, 7) is 4.20. The number of carbonyl (C=O) groups is 2. The van der Waals surface area contributed by atoms with Gasteiger partial charge in [0, 0.05) is 26.2 Å². The Morgan fingerprint density at radius 3 is 2.64 bits per heavy atom. The van der Waals surface area contributed by atoms with Gasteiger partial charge in [-0.05, 0) is 25.0 Å². The van der Waals surface area contributed by atoms with Crippen LogP contribution in [0.5, 0.6) is 0 Å². The molecule has 2 aromatic rings. The van der Waals surface area contributed by atoms with E-state index in [1.54, 1.807) is 4.90 Å². The van der Waals surface area contributed by atoms with Gasteiger partial charge in [0.25, 0.3) is 5.91 Å². The molecule has 1 aliphatic heterocycles. The number of benzene rings is 1. The molecule has 1 aromatic heterocycles. The Hall–Kier alpha value is -2.54. The number of carboxylic acids is 1. The molecule has 1 aromatic carbocycles. The van der Waals surface area contributed by atoms with Crippen LogP contribution in [0.4, 0.5) is 0 Å². The Bertz CT molecular complexity index is 780. The number of aromatic nitrogens is 2. The Morgan fingerprint density at radius 1 is 1.16 bits per heavy atom. The third-order valence-corrected chi connectivity index (χ3v) is 4.60. The van der Waals surface area contributed by atoms with E-state index < -0.39 is 12.0 Å². The fourth-order valence-electron chi connectivity index (χ4n) is 3.26. The molecule has 25 heavy (non-hydrogen) atoms. The van der Waals surface area contributed by atoms with Crippen molar-refractivity contribution in [1.82, 2.24) is 19.8 Å². The highest BCUT2D eigenvalue weighted by atomic mass is 16.4. The minimum absolute atomic E-state index is 0.150. The molecule has 1 N–H and O–H groups in total. The van der Waals surface area contributed by atoms with Crippen LogP contribution in [0.15, 0.2) is 30.5 Å². The Kier molecular flexibility index (Phi) is 5.23. The van der Waals surface area contributed by atoms with Gasteiger partial charge in [0.1, 0.15) is 11.7 Å². The lowest BCUT2D eigenvalue weighted by Crippen LogP contribution is -2.43. The highest BCUT2D eigenvalue weighted by Gasteiger charge is 2.28. The van der Waals surface area contributed by atoms with Crippen LogP contribution in [0.3, 0.4) is 0 Å². The molecule has 1 saturated heterocycles. The molecule has 1 fully saturated rings. The molecule has 0 saturated carbocycles. The minimum atomic E-state index is -0.803. The lowest BCUT2D eigenvalue weighted by atomic mass is 10.2. The smallest absolute Gasteiger partial charge is 0.320 e. The number of hydrogen-bond donors (Lipinski definition) is 1. The Morgan fingerprint density at radius 2 is 1.92 bits per heavy atom. The third-order valence-electron chi connectivity index (χ3n) is 4.60. The van der Waals surface area contributed by atoms with E-state index in [0.29, 0.717) is 43.8 Å². The summed E-state index contributed by atoms with van der Waals surface area (Å²) in [5, 5.41) is 9.33. The highest BCUT2D eigenvalue weighted by molar-refractivity contribution is 5.93. The van der Waals surface area contributed by atoms with Gasteiger partial charge in [0.15, 0.2) is 0 Å². The van der Waals surface area contributed by atoms with Crippen molar-refractivity contribution in [1.29, 1.82) is 0 Å². The zero-order chi connectivity index (χ0) is 17.8. The van der Waals surface area contributed by atoms with Crippen molar-refractivity contribution < 1.29 is 14.7 Å². The van der Waals surface area contributed by atoms with E-state index in [4.69, 9.17) is 0 Å². The Labute approximate surface area is 146 Å². The number of rotatable bonds is 4. The first-order chi connectivity index (χ1) is 12.1. The summed E-state index contributed by atoms with van der Waals surface area (Å²) in [5.41, 5.74) is 1.78. The van der Waals surface area contributed by atoms with Gasteiger partial charge in [0.2, 0.25) is 0 Å². The number of carbonyl (C=O) groups excluding carboxylic acids is 1. The fourth-order valence-corrected chi connectivity index (χ4v) is 3.26. The molecular weight excluding hydrogens is 320 g/mol. The van der Waals surface area contributed by atoms with E-state index in [2.05, 4.69) is 9.97 Å². The normalized spacial score (nSPS) is 17.2. The fraction of sp³-hybridized carbons (Fsp3) is 0.444. The van der Waals surface area contributed by atoms with Crippen LogP contribution in [0.2, 0.25) is 0 Å². The number of amides is 1. The maximum absolute atomic E-state index is 12.8. The molecule has 1 unspecified atom stereocenters. The number of fused-ring (bicyclic) bond motifs is 1. The van der Waals surface area contributed by atoms with E-state index in [1.807, 2.05) is 36.1 Å². The van der Waals surface area contributed by atoms with E-state index >= 15 is 0 Å². The van der Waals surface area contributed by atoms with Crippen LogP contribution >= 0.6 is 0 Å². The maximum Gasteiger partial charge on any atom is 0.320 e. The Balaban J connectivity index is 1.73. The first-order valence-corrected chi connectivity index (χ1v) is 8.58. The van der Waals surface area contributed by atoms with Crippen molar-refractivity contribution >= 4 is 22.9 Å². The zero-order valence-electron chi connectivity index (χ0n) is 14.3. The first-order valence-electron chi connectivity index (χ1n) is 8.58. The van der Waals surface area contributed by atoms with Crippen molar-refractivity contribution in [3.63, 3.8) is 0 Å². The molecule has 3 rings (SSSR count). The van der Waals surface area contributed by atoms with Crippen molar-refractivity contribution in [2.45, 2.75) is 25.8 Å². The van der Waals surface area contributed by atoms with Gasteiger partial charge in [-0.25, -0.2) is 4.98 Å². The summed E-state index contributed by atoms with van der Waals surface area (Å²) in [4.78, 5) is 36.5. The summed E-state index contributed by atoms with van der Waals surface area (Å²) >= 11 is 0. The van der Waals surface area contributed by atoms with E-state index in [9.17, 15) is 14.7 Å². The van der Waals surface area contributed by atoms with E-state index in [-0.39, 0.29) is 5.91 Å². The van der Waals surface area contributed by atoms with Gasteiger partial charge >= 0.3 is 5.97 Å². The van der Waals surface area contributed by atoms with Gasteiger partial charge in [0.05, 0.1) is 17.2 Å². The predicted molar refractivity (Wildman–Crippen MR) is 93.3 cm³/mol. The molecule has 1 amide bonds. The summed E-state index contributed by atoms with van der Waals surface area (Å²) in [6.07, 6.45) is 2.81. The summed E-state index contributed by atoms with van der Waals surface area (Å²) in [6, 6.07) is 6.95. The molecule has 132 valence electrons. The van der Waals surface area contributed by atoms with Crippen LogP contribution in [-0.4, -0.2) is 69.0 Å². The third kappa shape index (κ3) is 3.76. The zero-order valence-corrected chi connectivity index (χ0v) is 14.3. The second kappa shape index (κ2) is 7.57. The molecule has 0 aliphatic carbocycles. The van der Waals surface area contributed by atoms with E-state index in [1.165, 1.54) is 6.20 Å². The van der Waals surface area contributed by atoms with Gasteiger partial charge in [-0.15, -0.1) is 0 Å². The maximum atomic E-state index is 12.8. The molecule has 1 atom stereocenters. The number of hydrogen-bond acceptors (Lipinski definition) is 5. The SMILES string of the molecule is CCC(C(=O)O)N1CCCN(C(=O)c2cnc3ccccc3n2)CC1.